The molecule has 3 rings (SSSR count). The molecule has 102 valence electrons. The van der Waals surface area contributed by atoms with Crippen molar-refractivity contribution < 1.29 is 0 Å². The van der Waals surface area contributed by atoms with Gasteiger partial charge >= 0.3 is 0 Å². The summed E-state index contributed by atoms with van der Waals surface area (Å²) in [5.41, 5.74) is 2.19. The SMILES string of the molecule is CCC1CCC(NC(C)c2nc3ccccc3[nH]2)C1. The Kier molecular flexibility index (Phi) is 3.56. The standard InChI is InChI=1S/C16H23N3/c1-3-12-8-9-13(10-12)17-11(2)16-18-14-6-4-5-7-15(14)19-16/h4-7,11-13,17H,3,8-10H2,1-2H3,(H,18,19). The normalized spacial score (nSPS) is 24.9. The van der Waals surface area contributed by atoms with Crippen LogP contribution in [0.1, 0.15) is 51.4 Å². The summed E-state index contributed by atoms with van der Waals surface area (Å²) in [5.74, 6) is 1.97. The van der Waals surface area contributed by atoms with Gasteiger partial charge < -0.3 is 10.3 Å². The molecule has 1 aliphatic rings. The predicted octanol–water partition coefficient (Wildman–Crippen LogP) is 3.79. The van der Waals surface area contributed by atoms with E-state index in [1.54, 1.807) is 0 Å². The first-order valence-corrected chi connectivity index (χ1v) is 7.47. The molecule has 1 aromatic carbocycles. The largest absolute Gasteiger partial charge is 0.341 e. The zero-order chi connectivity index (χ0) is 13.2. The highest BCUT2D eigenvalue weighted by Gasteiger charge is 2.25. The van der Waals surface area contributed by atoms with Crippen molar-refractivity contribution >= 4 is 11.0 Å². The molecule has 2 N–H and O–H groups in total. The summed E-state index contributed by atoms with van der Waals surface area (Å²) in [6.07, 6.45) is 5.32. The average Bonchev–Trinajstić information content (AvgIpc) is 3.04. The summed E-state index contributed by atoms with van der Waals surface area (Å²) in [7, 11) is 0. The molecule has 3 atom stereocenters. The molecule has 2 aromatic rings. The van der Waals surface area contributed by atoms with E-state index >= 15 is 0 Å². The van der Waals surface area contributed by atoms with Gasteiger partial charge in [0.25, 0.3) is 0 Å². The van der Waals surface area contributed by atoms with Crippen LogP contribution in [0, 0.1) is 5.92 Å². The zero-order valence-electron chi connectivity index (χ0n) is 11.8. The molecule has 0 saturated heterocycles. The van der Waals surface area contributed by atoms with Gasteiger partial charge in [-0.2, -0.15) is 0 Å². The number of rotatable bonds is 4. The maximum atomic E-state index is 4.68. The average molecular weight is 257 g/mol. The fourth-order valence-electron chi connectivity index (χ4n) is 3.21. The number of imidazole rings is 1. The van der Waals surface area contributed by atoms with E-state index in [1.807, 2.05) is 12.1 Å². The third kappa shape index (κ3) is 2.66. The van der Waals surface area contributed by atoms with E-state index in [-0.39, 0.29) is 0 Å². The van der Waals surface area contributed by atoms with Crippen LogP contribution in [-0.2, 0) is 0 Å². The van der Waals surface area contributed by atoms with E-state index in [2.05, 4.69) is 41.3 Å². The Morgan fingerprint density at radius 1 is 1.37 bits per heavy atom. The van der Waals surface area contributed by atoms with Crippen LogP contribution in [-0.4, -0.2) is 16.0 Å². The zero-order valence-corrected chi connectivity index (χ0v) is 11.8. The Morgan fingerprint density at radius 2 is 2.21 bits per heavy atom. The Morgan fingerprint density at radius 3 is 2.95 bits per heavy atom. The van der Waals surface area contributed by atoms with Gasteiger partial charge in [-0.3, -0.25) is 0 Å². The lowest BCUT2D eigenvalue weighted by Crippen LogP contribution is -2.30. The van der Waals surface area contributed by atoms with Gasteiger partial charge in [-0.05, 0) is 44.2 Å². The molecular weight excluding hydrogens is 234 g/mol. The molecule has 1 aliphatic carbocycles. The molecular formula is C16H23N3. The number of hydrogen-bond donors (Lipinski definition) is 2. The minimum Gasteiger partial charge on any atom is -0.341 e. The highest BCUT2D eigenvalue weighted by atomic mass is 15.0. The molecule has 0 spiro atoms. The Balaban J connectivity index is 1.68. The van der Waals surface area contributed by atoms with E-state index in [0.717, 1.165) is 22.8 Å². The lowest BCUT2D eigenvalue weighted by atomic mass is 10.1. The van der Waals surface area contributed by atoms with Gasteiger partial charge in [0.15, 0.2) is 0 Å². The van der Waals surface area contributed by atoms with Crippen molar-refractivity contribution in [3.05, 3.63) is 30.1 Å². The minimum atomic E-state index is 0.299. The van der Waals surface area contributed by atoms with E-state index < -0.39 is 0 Å². The highest BCUT2D eigenvalue weighted by Crippen LogP contribution is 2.29. The number of fused-ring (bicyclic) bond motifs is 1. The minimum absolute atomic E-state index is 0.299. The second-order valence-corrected chi connectivity index (χ2v) is 5.81. The molecule has 1 saturated carbocycles. The second-order valence-electron chi connectivity index (χ2n) is 5.81. The molecule has 19 heavy (non-hydrogen) atoms. The van der Waals surface area contributed by atoms with Gasteiger partial charge in [0.2, 0.25) is 0 Å². The van der Waals surface area contributed by atoms with Gasteiger partial charge in [-0.1, -0.05) is 25.5 Å². The molecule has 3 heteroatoms. The molecule has 0 bridgehead atoms. The summed E-state index contributed by atoms with van der Waals surface area (Å²) in [6, 6.07) is 9.19. The van der Waals surface area contributed by atoms with Crippen LogP contribution in [0.3, 0.4) is 0 Å². The van der Waals surface area contributed by atoms with Crippen LogP contribution >= 0.6 is 0 Å². The molecule has 0 amide bonds. The second kappa shape index (κ2) is 5.33. The van der Waals surface area contributed by atoms with Crippen molar-refractivity contribution in [1.29, 1.82) is 0 Å². The first-order chi connectivity index (χ1) is 9.26. The summed E-state index contributed by atoms with van der Waals surface area (Å²) in [4.78, 5) is 8.10. The topological polar surface area (TPSA) is 40.7 Å². The smallest absolute Gasteiger partial charge is 0.124 e. The Bertz CT molecular complexity index is 513. The van der Waals surface area contributed by atoms with Crippen molar-refractivity contribution in [1.82, 2.24) is 15.3 Å². The van der Waals surface area contributed by atoms with E-state index in [9.17, 15) is 0 Å². The lowest BCUT2D eigenvalue weighted by Gasteiger charge is -2.17. The molecule has 1 fully saturated rings. The quantitative estimate of drug-likeness (QED) is 0.875. The number of benzene rings is 1. The van der Waals surface area contributed by atoms with Crippen molar-refractivity contribution in [3.8, 4) is 0 Å². The van der Waals surface area contributed by atoms with Crippen LogP contribution in [0.4, 0.5) is 0 Å². The number of para-hydroxylation sites is 2. The summed E-state index contributed by atoms with van der Waals surface area (Å²) < 4.78 is 0. The Hall–Kier alpha value is -1.35. The van der Waals surface area contributed by atoms with Crippen molar-refractivity contribution in [3.63, 3.8) is 0 Å². The third-order valence-electron chi connectivity index (χ3n) is 4.42. The van der Waals surface area contributed by atoms with Crippen LogP contribution in [0.5, 0.6) is 0 Å². The first-order valence-electron chi connectivity index (χ1n) is 7.47. The highest BCUT2D eigenvalue weighted by molar-refractivity contribution is 5.74. The molecule has 0 radical (unpaired) electrons. The molecule has 3 unspecified atom stereocenters. The number of hydrogen-bond acceptors (Lipinski definition) is 2. The number of nitrogens with one attached hydrogen (secondary N) is 2. The molecule has 0 aliphatic heterocycles. The summed E-state index contributed by atoms with van der Waals surface area (Å²) in [5, 5.41) is 3.73. The number of H-pyrrole nitrogens is 1. The number of aromatic nitrogens is 2. The van der Waals surface area contributed by atoms with Crippen LogP contribution in [0.2, 0.25) is 0 Å². The van der Waals surface area contributed by atoms with Crippen LogP contribution in [0.15, 0.2) is 24.3 Å². The maximum Gasteiger partial charge on any atom is 0.124 e. The van der Waals surface area contributed by atoms with E-state index in [0.29, 0.717) is 12.1 Å². The van der Waals surface area contributed by atoms with Crippen LogP contribution < -0.4 is 5.32 Å². The van der Waals surface area contributed by atoms with Gasteiger partial charge in [0.1, 0.15) is 5.82 Å². The van der Waals surface area contributed by atoms with Crippen molar-refractivity contribution in [2.45, 2.75) is 51.6 Å². The summed E-state index contributed by atoms with van der Waals surface area (Å²) in [6.45, 7) is 4.51. The third-order valence-corrected chi connectivity index (χ3v) is 4.42. The molecule has 1 aromatic heterocycles. The van der Waals surface area contributed by atoms with Gasteiger partial charge in [-0.15, -0.1) is 0 Å². The van der Waals surface area contributed by atoms with Gasteiger partial charge in [0, 0.05) is 6.04 Å². The van der Waals surface area contributed by atoms with Crippen molar-refractivity contribution in [2.24, 2.45) is 5.92 Å². The van der Waals surface area contributed by atoms with Crippen molar-refractivity contribution in [2.75, 3.05) is 0 Å². The maximum absolute atomic E-state index is 4.68. The number of nitrogens with zero attached hydrogens (tertiary/aromatic N) is 1. The van der Waals surface area contributed by atoms with E-state index in [4.69, 9.17) is 0 Å². The fraction of sp³-hybridized carbons (Fsp3) is 0.562. The fourth-order valence-corrected chi connectivity index (χ4v) is 3.21. The Labute approximate surface area is 114 Å². The van der Waals surface area contributed by atoms with Crippen LogP contribution in [0.25, 0.3) is 11.0 Å². The molecule has 1 heterocycles. The summed E-state index contributed by atoms with van der Waals surface area (Å²) >= 11 is 0. The lowest BCUT2D eigenvalue weighted by molar-refractivity contribution is 0.429. The number of aromatic amines is 1. The van der Waals surface area contributed by atoms with Gasteiger partial charge in [0.05, 0.1) is 17.1 Å². The monoisotopic (exact) mass is 257 g/mol. The first kappa shape index (κ1) is 12.7. The van der Waals surface area contributed by atoms with E-state index in [1.165, 1.54) is 25.7 Å². The molecule has 3 nitrogen and oxygen atoms in total. The van der Waals surface area contributed by atoms with Gasteiger partial charge in [-0.25, -0.2) is 4.98 Å². The predicted molar refractivity (Wildman–Crippen MR) is 79.1 cm³/mol.